The van der Waals surface area contributed by atoms with Gasteiger partial charge in [0.25, 0.3) is 0 Å². The van der Waals surface area contributed by atoms with Crippen molar-refractivity contribution < 1.29 is 19.4 Å². The number of carbonyl (C=O) groups excluding carboxylic acids is 1. The minimum atomic E-state index is -0.970. The fraction of sp³-hybridized carbons (Fsp3) is 0.200. The zero-order chi connectivity index (χ0) is 11.0. The van der Waals surface area contributed by atoms with Crippen LogP contribution in [0.1, 0.15) is 17.3 Å². The fourth-order valence-electron chi connectivity index (χ4n) is 0.821. The molecule has 0 saturated heterocycles. The second-order valence-electron chi connectivity index (χ2n) is 2.24. The summed E-state index contributed by atoms with van der Waals surface area (Å²) in [5.74, 6) is -0.581. The summed E-state index contributed by atoms with van der Waals surface area (Å²) >= 11 is 0. The topological polar surface area (TPSA) is 63.6 Å². The van der Waals surface area contributed by atoms with E-state index in [9.17, 15) is 4.79 Å². The van der Waals surface area contributed by atoms with Crippen LogP contribution in [0.4, 0.5) is 0 Å². The van der Waals surface area contributed by atoms with E-state index in [-0.39, 0.29) is 5.56 Å². The molecule has 0 heterocycles. The summed E-state index contributed by atoms with van der Waals surface area (Å²) in [5.41, 5.74) is 0.190. The van der Waals surface area contributed by atoms with Gasteiger partial charge in [0.1, 0.15) is 17.6 Å². The Kier molecular flexibility index (Phi) is 5.78. The Morgan fingerprint density at radius 3 is 2.29 bits per heavy atom. The normalized spacial score (nSPS) is 8.14. The van der Waals surface area contributed by atoms with Gasteiger partial charge in [0.15, 0.2) is 0 Å². The standard InChI is InChI=1S/C8H8O3.C2H4O/c1-11-7-5-3-2-4-6(7)8(9)10;1-2-3/h2-5H,1H3,(H,9,10);2H,1H3. The highest BCUT2D eigenvalue weighted by atomic mass is 16.5. The second kappa shape index (κ2) is 6.65. The molecule has 0 bridgehead atoms. The van der Waals surface area contributed by atoms with Gasteiger partial charge >= 0.3 is 5.97 Å². The zero-order valence-electron chi connectivity index (χ0n) is 8.06. The third kappa shape index (κ3) is 3.71. The molecule has 1 N–H and O–H groups in total. The number of aldehydes is 1. The van der Waals surface area contributed by atoms with Gasteiger partial charge in [-0.15, -0.1) is 0 Å². The molecule has 0 amide bonds. The van der Waals surface area contributed by atoms with Crippen LogP contribution in [0.2, 0.25) is 0 Å². The molecule has 4 heteroatoms. The monoisotopic (exact) mass is 196 g/mol. The summed E-state index contributed by atoms with van der Waals surface area (Å²) < 4.78 is 4.83. The molecule has 0 fully saturated rings. The number of hydrogen-bond donors (Lipinski definition) is 1. The van der Waals surface area contributed by atoms with Crippen molar-refractivity contribution in [2.45, 2.75) is 6.92 Å². The van der Waals surface area contributed by atoms with Gasteiger partial charge in [-0.05, 0) is 19.1 Å². The summed E-state index contributed by atoms with van der Waals surface area (Å²) in [6, 6.07) is 6.50. The van der Waals surface area contributed by atoms with Crippen LogP contribution in [-0.4, -0.2) is 24.5 Å². The molecule has 1 aromatic carbocycles. The Hall–Kier alpha value is -1.84. The molecule has 0 aliphatic rings. The molecule has 0 aromatic heterocycles. The quantitative estimate of drug-likeness (QED) is 0.729. The number of hydrogen-bond acceptors (Lipinski definition) is 3. The number of carboxylic acid groups (broad SMARTS) is 1. The number of rotatable bonds is 2. The third-order valence-corrected chi connectivity index (χ3v) is 1.34. The number of para-hydroxylation sites is 1. The molecule has 0 aliphatic heterocycles. The average Bonchev–Trinajstić information content (AvgIpc) is 2.19. The van der Waals surface area contributed by atoms with Crippen molar-refractivity contribution >= 4 is 12.3 Å². The molecular weight excluding hydrogens is 184 g/mol. The average molecular weight is 196 g/mol. The van der Waals surface area contributed by atoms with Crippen molar-refractivity contribution in [2.75, 3.05) is 7.11 Å². The lowest BCUT2D eigenvalue weighted by Crippen LogP contribution is -1.99. The Bertz CT molecular complexity index is 307. The van der Waals surface area contributed by atoms with Crippen LogP contribution >= 0.6 is 0 Å². The van der Waals surface area contributed by atoms with Gasteiger partial charge in [0.05, 0.1) is 7.11 Å². The number of carbonyl (C=O) groups is 2. The lowest BCUT2D eigenvalue weighted by Gasteiger charge is -2.01. The van der Waals surface area contributed by atoms with E-state index in [0.29, 0.717) is 5.75 Å². The van der Waals surface area contributed by atoms with E-state index in [2.05, 4.69) is 0 Å². The van der Waals surface area contributed by atoms with Crippen molar-refractivity contribution in [1.29, 1.82) is 0 Å². The van der Waals surface area contributed by atoms with Gasteiger partial charge in [0, 0.05) is 0 Å². The third-order valence-electron chi connectivity index (χ3n) is 1.34. The van der Waals surface area contributed by atoms with Gasteiger partial charge in [-0.1, -0.05) is 12.1 Å². The number of aromatic carboxylic acids is 1. The van der Waals surface area contributed by atoms with E-state index in [1.54, 1.807) is 18.2 Å². The van der Waals surface area contributed by atoms with Crippen LogP contribution in [0.25, 0.3) is 0 Å². The van der Waals surface area contributed by atoms with E-state index >= 15 is 0 Å². The summed E-state index contributed by atoms with van der Waals surface area (Å²) in [6.45, 7) is 1.44. The predicted octanol–water partition coefficient (Wildman–Crippen LogP) is 1.60. The van der Waals surface area contributed by atoms with E-state index in [1.165, 1.54) is 20.1 Å². The Morgan fingerprint density at radius 1 is 1.43 bits per heavy atom. The highest BCUT2D eigenvalue weighted by molar-refractivity contribution is 5.90. The molecule has 0 aliphatic carbocycles. The second-order valence-corrected chi connectivity index (χ2v) is 2.24. The smallest absolute Gasteiger partial charge is 0.339 e. The minimum Gasteiger partial charge on any atom is -0.496 e. The molecule has 0 radical (unpaired) electrons. The van der Waals surface area contributed by atoms with Crippen LogP contribution in [0, 0.1) is 0 Å². The summed E-state index contributed by atoms with van der Waals surface area (Å²) in [4.78, 5) is 19.3. The van der Waals surface area contributed by atoms with E-state index < -0.39 is 5.97 Å². The number of ether oxygens (including phenoxy) is 1. The minimum absolute atomic E-state index is 0.190. The van der Waals surface area contributed by atoms with E-state index in [4.69, 9.17) is 14.6 Å². The SMILES string of the molecule is CC=O.COc1ccccc1C(=O)O. The van der Waals surface area contributed by atoms with Crippen LogP contribution in [0.3, 0.4) is 0 Å². The molecular formula is C10H12O4. The summed E-state index contributed by atoms with van der Waals surface area (Å²) in [7, 11) is 1.45. The first-order chi connectivity index (χ1) is 6.67. The van der Waals surface area contributed by atoms with Crippen molar-refractivity contribution in [2.24, 2.45) is 0 Å². The van der Waals surface area contributed by atoms with Crippen LogP contribution in [0.15, 0.2) is 24.3 Å². The zero-order valence-corrected chi connectivity index (χ0v) is 8.06. The number of benzene rings is 1. The van der Waals surface area contributed by atoms with Crippen LogP contribution < -0.4 is 4.74 Å². The van der Waals surface area contributed by atoms with Crippen molar-refractivity contribution in [3.8, 4) is 5.75 Å². The maximum absolute atomic E-state index is 10.5. The highest BCUT2D eigenvalue weighted by Crippen LogP contribution is 2.16. The first kappa shape index (κ1) is 12.2. The lowest BCUT2D eigenvalue weighted by molar-refractivity contribution is -0.106. The summed E-state index contributed by atoms with van der Waals surface area (Å²) in [6.07, 6.45) is 0.750. The Labute approximate surface area is 82.1 Å². The van der Waals surface area contributed by atoms with Crippen LogP contribution in [0.5, 0.6) is 5.75 Å². The predicted molar refractivity (Wildman–Crippen MR) is 51.7 cm³/mol. The van der Waals surface area contributed by atoms with Gasteiger partial charge in [-0.3, -0.25) is 0 Å². The van der Waals surface area contributed by atoms with Gasteiger partial charge in [0.2, 0.25) is 0 Å². The molecule has 0 atom stereocenters. The fourth-order valence-corrected chi connectivity index (χ4v) is 0.821. The number of methoxy groups -OCH3 is 1. The van der Waals surface area contributed by atoms with E-state index in [0.717, 1.165) is 6.29 Å². The summed E-state index contributed by atoms with van der Waals surface area (Å²) in [5, 5.41) is 8.62. The molecule has 1 rings (SSSR count). The van der Waals surface area contributed by atoms with Crippen molar-refractivity contribution in [3.63, 3.8) is 0 Å². The molecule has 4 nitrogen and oxygen atoms in total. The largest absolute Gasteiger partial charge is 0.496 e. The maximum Gasteiger partial charge on any atom is 0.339 e. The maximum atomic E-state index is 10.5. The van der Waals surface area contributed by atoms with E-state index in [1.807, 2.05) is 0 Å². The Morgan fingerprint density at radius 2 is 1.93 bits per heavy atom. The molecule has 1 aromatic rings. The molecule has 76 valence electrons. The molecule has 14 heavy (non-hydrogen) atoms. The molecule has 0 saturated carbocycles. The van der Waals surface area contributed by atoms with Crippen molar-refractivity contribution in [1.82, 2.24) is 0 Å². The number of carboxylic acids is 1. The Balaban J connectivity index is 0.000000500. The van der Waals surface area contributed by atoms with Crippen molar-refractivity contribution in [3.05, 3.63) is 29.8 Å². The van der Waals surface area contributed by atoms with Gasteiger partial charge in [-0.2, -0.15) is 0 Å². The van der Waals surface area contributed by atoms with Gasteiger partial charge in [-0.25, -0.2) is 4.79 Å². The molecule has 0 spiro atoms. The molecule has 0 unspecified atom stereocenters. The first-order valence-corrected chi connectivity index (χ1v) is 3.93. The highest BCUT2D eigenvalue weighted by Gasteiger charge is 2.07. The first-order valence-electron chi connectivity index (χ1n) is 3.93. The van der Waals surface area contributed by atoms with Crippen LogP contribution in [-0.2, 0) is 4.79 Å². The van der Waals surface area contributed by atoms with Gasteiger partial charge < -0.3 is 14.6 Å². The lowest BCUT2D eigenvalue weighted by atomic mass is 10.2.